The van der Waals surface area contributed by atoms with E-state index in [4.69, 9.17) is 0 Å². The summed E-state index contributed by atoms with van der Waals surface area (Å²) in [5.74, 6) is 0. The Balaban J connectivity index is 3.05. The van der Waals surface area contributed by atoms with Crippen molar-refractivity contribution in [2.75, 3.05) is 0 Å². The highest BCUT2D eigenvalue weighted by Gasteiger charge is 2.21. The van der Waals surface area contributed by atoms with E-state index in [0.29, 0.717) is 10.8 Å². The van der Waals surface area contributed by atoms with Gasteiger partial charge in [0.15, 0.2) is 0 Å². The number of nitrogens with one attached hydrogen (secondary N) is 1. The first kappa shape index (κ1) is 10.3. The predicted octanol–water partition coefficient (Wildman–Crippen LogP) is 0.570. The third-order valence-electron chi connectivity index (χ3n) is 1.28. The highest BCUT2D eigenvalue weighted by atomic mass is 19.4. The number of alkyl halides is 3. The van der Waals surface area contributed by atoms with Gasteiger partial charge in [-0.1, -0.05) is 0 Å². The predicted molar refractivity (Wildman–Crippen MR) is 42.7 cm³/mol. The van der Waals surface area contributed by atoms with Crippen molar-refractivity contribution in [2.45, 2.75) is 6.18 Å². The SMILES string of the molecule is O=c1ccn(/C=C/C(F)(F)F)c(=O)[nH]1. The summed E-state index contributed by atoms with van der Waals surface area (Å²) in [6, 6.07) is 0.947. The van der Waals surface area contributed by atoms with Crippen LogP contribution in [0.3, 0.4) is 0 Å². The van der Waals surface area contributed by atoms with E-state index in [1.54, 1.807) is 0 Å². The average molecular weight is 206 g/mol. The second kappa shape index (κ2) is 3.52. The normalized spacial score (nSPS) is 12.2. The highest BCUT2D eigenvalue weighted by molar-refractivity contribution is 5.23. The zero-order valence-corrected chi connectivity index (χ0v) is 6.71. The number of rotatable bonds is 1. The molecule has 0 saturated heterocycles. The van der Waals surface area contributed by atoms with Crippen LogP contribution in [0, 0.1) is 0 Å². The molecule has 0 atom stereocenters. The van der Waals surface area contributed by atoms with Crippen molar-refractivity contribution in [3.63, 3.8) is 0 Å². The Morgan fingerprint density at radius 2 is 2.00 bits per heavy atom. The molecule has 14 heavy (non-hydrogen) atoms. The largest absolute Gasteiger partial charge is 0.411 e. The van der Waals surface area contributed by atoms with E-state index >= 15 is 0 Å². The van der Waals surface area contributed by atoms with E-state index in [9.17, 15) is 22.8 Å². The molecule has 1 aromatic rings. The first-order valence-electron chi connectivity index (χ1n) is 3.46. The Morgan fingerprint density at radius 1 is 1.36 bits per heavy atom. The monoisotopic (exact) mass is 206 g/mol. The molecule has 0 amide bonds. The van der Waals surface area contributed by atoms with E-state index in [1.165, 1.54) is 0 Å². The second-order valence-corrected chi connectivity index (χ2v) is 2.37. The number of halogens is 3. The van der Waals surface area contributed by atoms with E-state index in [2.05, 4.69) is 0 Å². The van der Waals surface area contributed by atoms with Crippen LogP contribution in [0.5, 0.6) is 0 Å². The molecule has 0 fully saturated rings. The molecule has 0 aliphatic heterocycles. The van der Waals surface area contributed by atoms with Crippen LogP contribution in [0.1, 0.15) is 0 Å². The van der Waals surface area contributed by atoms with Crippen molar-refractivity contribution in [1.29, 1.82) is 0 Å². The zero-order valence-electron chi connectivity index (χ0n) is 6.71. The number of hydrogen-bond donors (Lipinski definition) is 1. The molecule has 1 rings (SSSR count). The number of nitrogens with zero attached hydrogens (tertiary/aromatic N) is 1. The van der Waals surface area contributed by atoms with E-state index in [0.717, 1.165) is 12.3 Å². The lowest BCUT2D eigenvalue weighted by molar-refractivity contribution is -0.0792. The highest BCUT2D eigenvalue weighted by Crippen LogP contribution is 2.15. The summed E-state index contributed by atoms with van der Waals surface area (Å²) in [6.45, 7) is 0. The number of H-pyrrole nitrogens is 1. The number of hydrogen-bond acceptors (Lipinski definition) is 2. The van der Waals surface area contributed by atoms with Gasteiger partial charge in [-0.2, -0.15) is 13.2 Å². The lowest BCUT2D eigenvalue weighted by Gasteiger charge is -1.98. The molecule has 0 spiro atoms. The van der Waals surface area contributed by atoms with Crippen molar-refractivity contribution in [3.05, 3.63) is 39.2 Å². The molecule has 7 heteroatoms. The van der Waals surface area contributed by atoms with Crippen LogP contribution in [0.4, 0.5) is 13.2 Å². The Kier molecular flexibility index (Phi) is 2.59. The van der Waals surface area contributed by atoms with Gasteiger partial charge < -0.3 is 0 Å². The summed E-state index contributed by atoms with van der Waals surface area (Å²) in [7, 11) is 0. The van der Waals surface area contributed by atoms with Crippen molar-refractivity contribution in [1.82, 2.24) is 9.55 Å². The van der Waals surface area contributed by atoms with Gasteiger partial charge in [0.05, 0.1) is 0 Å². The van der Waals surface area contributed by atoms with Crippen LogP contribution in [-0.2, 0) is 0 Å². The molecule has 0 unspecified atom stereocenters. The molecule has 0 bridgehead atoms. The Bertz CT molecular complexity index is 455. The molecule has 1 N–H and O–H groups in total. The molecule has 0 aliphatic carbocycles. The summed E-state index contributed by atoms with van der Waals surface area (Å²) in [5, 5.41) is 0. The number of aromatic nitrogens is 2. The second-order valence-electron chi connectivity index (χ2n) is 2.37. The molecular weight excluding hydrogens is 201 g/mol. The van der Waals surface area contributed by atoms with Crippen LogP contribution in [0.15, 0.2) is 27.9 Å². The lowest BCUT2D eigenvalue weighted by atomic mass is 10.5. The lowest BCUT2D eigenvalue weighted by Crippen LogP contribution is -2.26. The molecule has 1 heterocycles. The van der Waals surface area contributed by atoms with Gasteiger partial charge in [0.2, 0.25) is 0 Å². The van der Waals surface area contributed by atoms with Crippen LogP contribution < -0.4 is 11.2 Å². The standard InChI is InChI=1S/C7H5F3N2O2/c8-7(9,10)2-4-12-3-1-5(13)11-6(12)14/h1-4H,(H,11,13,14)/b4-2+. The third kappa shape index (κ3) is 2.92. The fourth-order valence-electron chi connectivity index (χ4n) is 0.710. The topological polar surface area (TPSA) is 54.9 Å². The van der Waals surface area contributed by atoms with Crippen molar-refractivity contribution in [2.24, 2.45) is 0 Å². The molecule has 0 aliphatic rings. The fraction of sp³-hybridized carbons (Fsp3) is 0.143. The Labute approximate surface area is 75.3 Å². The van der Waals surface area contributed by atoms with Gasteiger partial charge in [-0.3, -0.25) is 14.3 Å². The zero-order chi connectivity index (χ0) is 10.8. The van der Waals surface area contributed by atoms with Gasteiger partial charge in [-0.05, 0) is 0 Å². The van der Waals surface area contributed by atoms with Crippen LogP contribution in [0.2, 0.25) is 0 Å². The van der Waals surface area contributed by atoms with E-state index in [1.807, 2.05) is 4.98 Å². The Hall–Kier alpha value is -1.79. The fourth-order valence-corrected chi connectivity index (χ4v) is 0.710. The molecular formula is C7H5F3N2O2. The molecule has 0 radical (unpaired) electrons. The molecule has 0 aromatic carbocycles. The maximum absolute atomic E-state index is 11.7. The van der Waals surface area contributed by atoms with Gasteiger partial charge in [-0.25, -0.2) is 4.79 Å². The first-order valence-corrected chi connectivity index (χ1v) is 3.46. The van der Waals surface area contributed by atoms with E-state index < -0.39 is 17.4 Å². The summed E-state index contributed by atoms with van der Waals surface area (Å²) >= 11 is 0. The van der Waals surface area contributed by atoms with Crippen molar-refractivity contribution in [3.8, 4) is 0 Å². The summed E-state index contributed by atoms with van der Waals surface area (Å²) < 4.78 is 35.7. The summed E-state index contributed by atoms with van der Waals surface area (Å²) in [6.07, 6.45) is -3.12. The minimum atomic E-state index is -4.49. The maximum atomic E-state index is 11.7. The van der Waals surface area contributed by atoms with Gasteiger partial charge in [0, 0.05) is 24.5 Å². The minimum Gasteiger partial charge on any atom is -0.276 e. The van der Waals surface area contributed by atoms with Crippen molar-refractivity contribution >= 4 is 6.20 Å². The third-order valence-corrected chi connectivity index (χ3v) is 1.28. The smallest absolute Gasteiger partial charge is 0.276 e. The van der Waals surface area contributed by atoms with Gasteiger partial charge in [-0.15, -0.1) is 0 Å². The molecule has 4 nitrogen and oxygen atoms in total. The van der Waals surface area contributed by atoms with Crippen LogP contribution in [0.25, 0.3) is 6.20 Å². The molecule has 76 valence electrons. The van der Waals surface area contributed by atoms with Gasteiger partial charge in [0.1, 0.15) is 0 Å². The van der Waals surface area contributed by atoms with Crippen molar-refractivity contribution < 1.29 is 13.2 Å². The molecule has 0 saturated carbocycles. The minimum absolute atomic E-state index is 0.104. The van der Waals surface area contributed by atoms with Crippen LogP contribution in [-0.4, -0.2) is 15.7 Å². The van der Waals surface area contributed by atoms with Gasteiger partial charge >= 0.3 is 11.9 Å². The Morgan fingerprint density at radius 3 is 2.50 bits per heavy atom. The molecule has 1 aromatic heterocycles. The number of allylic oxidation sites excluding steroid dienone is 1. The van der Waals surface area contributed by atoms with E-state index in [-0.39, 0.29) is 6.08 Å². The average Bonchev–Trinajstić information content (AvgIpc) is 2.00. The first-order chi connectivity index (χ1) is 6.38. The quantitative estimate of drug-likeness (QED) is 0.730. The van der Waals surface area contributed by atoms with Gasteiger partial charge in [0.25, 0.3) is 5.56 Å². The maximum Gasteiger partial charge on any atom is 0.411 e. The number of aromatic amines is 1. The summed E-state index contributed by atoms with van der Waals surface area (Å²) in [5.41, 5.74) is -1.58. The summed E-state index contributed by atoms with van der Waals surface area (Å²) in [4.78, 5) is 23.2. The van der Waals surface area contributed by atoms with Crippen LogP contribution >= 0.6 is 0 Å².